The van der Waals surface area contributed by atoms with Crippen molar-refractivity contribution in [2.45, 2.75) is 18.7 Å². The van der Waals surface area contributed by atoms with E-state index in [4.69, 9.17) is 5.11 Å². The van der Waals surface area contributed by atoms with Gasteiger partial charge < -0.3 is 9.63 Å². The predicted molar refractivity (Wildman–Crippen MR) is 51.1 cm³/mol. The van der Waals surface area contributed by atoms with Gasteiger partial charge in [-0.3, -0.25) is 0 Å². The standard InChI is InChI=1S/C9H7F3N4O2/c10-9(11,12)5(17)4-6-15-8(16-18-6)7-13-2-1-3-14-7/h1-3,5,17H,4H2. The molecule has 0 spiro atoms. The first-order valence-electron chi connectivity index (χ1n) is 4.81. The Morgan fingerprint density at radius 2 is 1.89 bits per heavy atom. The monoisotopic (exact) mass is 260 g/mol. The molecule has 2 aromatic heterocycles. The third-order valence-corrected chi connectivity index (χ3v) is 1.98. The number of rotatable bonds is 3. The summed E-state index contributed by atoms with van der Waals surface area (Å²) in [5, 5.41) is 12.3. The van der Waals surface area contributed by atoms with Crippen LogP contribution in [0.15, 0.2) is 23.0 Å². The molecule has 2 aromatic rings. The molecular formula is C9H7F3N4O2. The topological polar surface area (TPSA) is 84.9 Å². The van der Waals surface area contributed by atoms with Crippen LogP contribution in [0.25, 0.3) is 11.6 Å². The molecule has 0 amide bonds. The Morgan fingerprint density at radius 3 is 2.50 bits per heavy atom. The van der Waals surface area contributed by atoms with Gasteiger partial charge in [-0.05, 0) is 6.07 Å². The highest BCUT2D eigenvalue weighted by molar-refractivity contribution is 5.40. The average Bonchev–Trinajstić information content (AvgIpc) is 2.77. The summed E-state index contributed by atoms with van der Waals surface area (Å²) < 4.78 is 40.9. The lowest BCUT2D eigenvalue weighted by molar-refractivity contribution is -0.204. The van der Waals surface area contributed by atoms with Gasteiger partial charge in [0.05, 0.1) is 6.42 Å². The Labute approximate surface area is 98.5 Å². The Bertz CT molecular complexity index is 514. The zero-order chi connectivity index (χ0) is 13.2. The van der Waals surface area contributed by atoms with Crippen molar-refractivity contribution >= 4 is 0 Å². The summed E-state index contributed by atoms with van der Waals surface area (Å²) >= 11 is 0. The zero-order valence-corrected chi connectivity index (χ0v) is 8.79. The molecule has 0 aliphatic carbocycles. The van der Waals surface area contributed by atoms with Gasteiger partial charge in [0.1, 0.15) is 0 Å². The Morgan fingerprint density at radius 1 is 1.22 bits per heavy atom. The number of alkyl halides is 3. The summed E-state index contributed by atoms with van der Waals surface area (Å²) in [6, 6.07) is 1.57. The fourth-order valence-electron chi connectivity index (χ4n) is 1.12. The molecule has 0 radical (unpaired) electrons. The van der Waals surface area contributed by atoms with Gasteiger partial charge >= 0.3 is 6.18 Å². The number of halogens is 3. The summed E-state index contributed by atoms with van der Waals surface area (Å²) in [7, 11) is 0. The van der Waals surface area contributed by atoms with Gasteiger partial charge in [-0.15, -0.1) is 0 Å². The summed E-state index contributed by atoms with van der Waals surface area (Å²) in [5.74, 6) is -0.226. The van der Waals surface area contributed by atoms with Gasteiger partial charge in [0.15, 0.2) is 6.10 Å². The highest BCUT2D eigenvalue weighted by Crippen LogP contribution is 2.22. The molecule has 96 valence electrons. The minimum Gasteiger partial charge on any atom is -0.383 e. The van der Waals surface area contributed by atoms with Crippen LogP contribution in [0, 0.1) is 0 Å². The minimum absolute atomic E-state index is 0.0278. The third-order valence-electron chi connectivity index (χ3n) is 1.98. The molecule has 0 fully saturated rings. The van der Waals surface area contributed by atoms with E-state index in [0.717, 1.165) is 0 Å². The lowest BCUT2D eigenvalue weighted by atomic mass is 10.2. The smallest absolute Gasteiger partial charge is 0.383 e. The van der Waals surface area contributed by atoms with Crippen molar-refractivity contribution in [3.63, 3.8) is 0 Å². The molecule has 0 aromatic carbocycles. The largest absolute Gasteiger partial charge is 0.414 e. The van der Waals surface area contributed by atoms with Crippen molar-refractivity contribution in [3.05, 3.63) is 24.4 Å². The van der Waals surface area contributed by atoms with Crippen molar-refractivity contribution in [1.82, 2.24) is 20.1 Å². The Balaban J connectivity index is 2.12. The van der Waals surface area contributed by atoms with Gasteiger partial charge in [0.25, 0.3) is 0 Å². The highest BCUT2D eigenvalue weighted by Gasteiger charge is 2.39. The molecule has 6 nitrogen and oxygen atoms in total. The molecule has 9 heteroatoms. The van der Waals surface area contributed by atoms with Crippen LogP contribution in [0.4, 0.5) is 13.2 Å². The molecule has 1 atom stereocenters. The second-order valence-electron chi connectivity index (χ2n) is 3.35. The summed E-state index contributed by atoms with van der Waals surface area (Å²) in [5.41, 5.74) is 0. The normalized spacial score (nSPS) is 13.6. The fourth-order valence-corrected chi connectivity index (χ4v) is 1.12. The number of aromatic nitrogens is 4. The molecule has 0 saturated heterocycles. The molecule has 0 aliphatic heterocycles. The van der Waals surface area contributed by atoms with Crippen LogP contribution in [0.5, 0.6) is 0 Å². The average molecular weight is 260 g/mol. The zero-order valence-electron chi connectivity index (χ0n) is 8.79. The van der Waals surface area contributed by atoms with Crippen molar-refractivity contribution in [3.8, 4) is 11.6 Å². The van der Waals surface area contributed by atoms with Crippen LogP contribution < -0.4 is 0 Å². The second-order valence-corrected chi connectivity index (χ2v) is 3.35. The number of aliphatic hydroxyl groups is 1. The van der Waals surface area contributed by atoms with E-state index in [1.807, 2.05) is 0 Å². The second kappa shape index (κ2) is 4.69. The Hall–Kier alpha value is -2.03. The molecular weight excluding hydrogens is 253 g/mol. The summed E-state index contributed by atoms with van der Waals surface area (Å²) in [4.78, 5) is 11.3. The third kappa shape index (κ3) is 2.80. The lowest BCUT2D eigenvalue weighted by Crippen LogP contribution is -2.30. The van der Waals surface area contributed by atoms with Gasteiger partial charge in [0.2, 0.25) is 17.5 Å². The molecule has 1 unspecified atom stereocenters. The number of aliphatic hydroxyl groups excluding tert-OH is 1. The van der Waals surface area contributed by atoms with Crippen molar-refractivity contribution in [2.75, 3.05) is 0 Å². The predicted octanol–water partition coefficient (Wildman–Crippen LogP) is 0.992. The number of nitrogens with zero attached hydrogens (tertiary/aromatic N) is 4. The van der Waals surface area contributed by atoms with E-state index in [0.29, 0.717) is 0 Å². The number of hydrogen-bond donors (Lipinski definition) is 1. The van der Waals surface area contributed by atoms with E-state index in [9.17, 15) is 13.2 Å². The first kappa shape index (κ1) is 12.4. The van der Waals surface area contributed by atoms with Crippen LogP contribution in [-0.4, -0.2) is 37.5 Å². The van der Waals surface area contributed by atoms with E-state index in [2.05, 4.69) is 24.6 Å². The summed E-state index contributed by atoms with van der Waals surface area (Å²) in [6.07, 6.45) is -5.20. The Kier molecular flexibility index (Phi) is 3.24. The van der Waals surface area contributed by atoms with Crippen molar-refractivity contribution in [2.24, 2.45) is 0 Å². The highest BCUT2D eigenvalue weighted by atomic mass is 19.4. The maximum atomic E-state index is 12.1. The molecule has 1 N–H and O–H groups in total. The van der Waals surface area contributed by atoms with Crippen LogP contribution in [-0.2, 0) is 6.42 Å². The quantitative estimate of drug-likeness (QED) is 0.885. The van der Waals surface area contributed by atoms with Gasteiger partial charge in [0, 0.05) is 12.4 Å². The van der Waals surface area contributed by atoms with E-state index in [1.165, 1.54) is 12.4 Å². The van der Waals surface area contributed by atoms with Gasteiger partial charge in [-0.25, -0.2) is 9.97 Å². The van der Waals surface area contributed by atoms with Crippen LogP contribution in [0.3, 0.4) is 0 Å². The van der Waals surface area contributed by atoms with Crippen molar-refractivity contribution in [1.29, 1.82) is 0 Å². The van der Waals surface area contributed by atoms with Crippen LogP contribution in [0.2, 0.25) is 0 Å². The van der Waals surface area contributed by atoms with Crippen molar-refractivity contribution < 1.29 is 22.8 Å². The summed E-state index contributed by atoms with van der Waals surface area (Å²) in [6.45, 7) is 0. The SMILES string of the molecule is OC(Cc1nc(-c2ncccn2)no1)C(F)(F)F. The lowest BCUT2D eigenvalue weighted by Gasteiger charge is -2.11. The van der Waals surface area contributed by atoms with Crippen LogP contribution >= 0.6 is 0 Å². The van der Waals surface area contributed by atoms with E-state index >= 15 is 0 Å². The van der Waals surface area contributed by atoms with E-state index < -0.39 is 18.7 Å². The maximum Gasteiger partial charge on any atom is 0.414 e. The molecule has 2 heterocycles. The molecule has 0 bridgehead atoms. The van der Waals surface area contributed by atoms with Gasteiger partial charge in [-0.2, -0.15) is 18.2 Å². The van der Waals surface area contributed by atoms with E-state index in [-0.39, 0.29) is 17.5 Å². The first-order valence-corrected chi connectivity index (χ1v) is 4.81. The van der Waals surface area contributed by atoms with Gasteiger partial charge in [-0.1, -0.05) is 5.16 Å². The number of hydrogen-bond acceptors (Lipinski definition) is 6. The molecule has 0 aliphatic rings. The molecule has 2 rings (SSSR count). The molecule has 0 saturated carbocycles. The minimum atomic E-state index is -4.72. The first-order chi connectivity index (χ1) is 8.47. The molecule has 18 heavy (non-hydrogen) atoms. The maximum absolute atomic E-state index is 12.1. The van der Waals surface area contributed by atoms with Crippen LogP contribution in [0.1, 0.15) is 5.89 Å². The van der Waals surface area contributed by atoms with E-state index in [1.54, 1.807) is 6.07 Å². The fraction of sp³-hybridized carbons (Fsp3) is 0.333.